The first-order chi connectivity index (χ1) is 12.6. The number of rotatable bonds is 7. The van der Waals surface area contributed by atoms with Gasteiger partial charge in [0.15, 0.2) is 0 Å². The number of hydrogen-bond donors (Lipinski definition) is 0. The zero-order chi connectivity index (χ0) is 18.4. The Balaban J connectivity index is 1.58. The molecule has 2 aromatic rings. The second kappa shape index (κ2) is 9.95. The number of benzene rings is 2. The highest BCUT2D eigenvalue weighted by Gasteiger charge is 2.11. The van der Waals surface area contributed by atoms with E-state index in [-0.39, 0.29) is 0 Å². The lowest BCUT2D eigenvalue weighted by atomic mass is 10.1. The van der Waals surface area contributed by atoms with E-state index < -0.39 is 0 Å². The Kier molecular flexibility index (Phi) is 7.64. The predicted octanol–water partition coefficient (Wildman–Crippen LogP) is 5.60. The fourth-order valence-electron chi connectivity index (χ4n) is 2.99. The Hall–Kier alpha value is -0.780. The fourth-order valence-corrected chi connectivity index (χ4v) is 3.72. The van der Waals surface area contributed by atoms with Crippen molar-refractivity contribution < 1.29 is 9.47 Å². The van der Waals surface area contributed by atoms with Crippen LogP contribution in [0, 0.1) is 0 Å². The maximum atomic E-state index is 6.08. The van der Waals surface area contributed by atoms with Crippen LogP contribution in [0.3, 0.4) is 0 Å². The van der Waals surface area contributed by atoms with Gasteiger partial charge in [-0.05, 0) is 60.8 Å². The zero-order valence-corrected chi connectivity index (χ0v) is 17.6. The normalized spacial score (nSPS) is 15.2. The maximum absolute atomic E-state index is 6.08. The molecule has 0 amide bonds. The molecular weight excluding hydrogens is 437 g/mol. The summed E-state index contributed by atoms with van der Waals surface area (Å²) in [6.07, 6.45) is 2.08. The van der Waals surface area contributed by atoms with E-state index in [0.29, 0.717) is 16.7 Å². The molecule has 0 spiro atoms. The van der Waals surface area contributed by atoms with Gasteiger partial charge in [0.1, 0.15) is 12.4 Å². The van der Waals surface area contributed by atoms with Gasteiger partial charge in [-0.2, -0.15) is 0 Å². The first-order valence-electron chi connectivity index (χ1n) is 8.77. The van der Waals surface area contributed by atoms with Crippen molar-refractivity contribution in [1.82, 2.24) is 4.90 Å². The van der Waals surface area contributed by atoms with Crippen LogP contribution in [0.1, 0.15) is 17.5 Å². The Morgan fingerprint density at radius 1 is 1.04 bits per heavy atom. The monoisotopic (exact) mass is 457 g/mol. The number of ether oxygens (including phenoxy) is 2. The highest BCUT2D eigenvalue weighted by Crippen LogP contribution is 2.27. The van der Waals surface area contributed by atoms with Gasteiger partial charge in [-0.1, -0.05) is 45.2 Å². The van der Waals surface area contributed by atoms with E-state index >= 15 is 0 Å². The van der Waals surface area contributed by atoms with Crippen molar-refractivity contribution in [2.75, 3.05) is 32.8 Å². The van der Waals surface area contributed by atoms with E-state index in [1.165, 1.54) is 5.56 Å². The molecule has 6 heteroatoms. The van der Waals surface area contributed by atoms with Crippen LogP contribution in [0.5, 0.6) is 5.75 Å². The van der Waals surface area contributed by atoms with Crippen LogP contribution < -0.4 is 4.74 Å². The largest absolute Gasteiger partial charge is 0.489 e. The summed E-state index contributed by atoms with van der Waals surface area (Å²) in [7, 11) is 0. The molecule has 1 fully saturated rings. The Bertz CT molecular complexity index is 736. The summed E-state index contributed by atoms with van der Waals surface area (Å²) >= 11 is 15.6. The van der Waals surface area contributed by atoms with Gasteiger partial charge in [-0.25, -0.2) is 0 Å². The van der Waals surface area contributed by atoms with E-state index in [9.17, 15) is 0 Å². The van der Waals surface area contributed by atoms with E-state index in [4.69, 9.17) is 32.7 Å². The summed E-state index contributed by atoms with van der Waals surface area (Å²) < 4.78 is 12.5. The van der Waals surface area contributed by atoms with Crippen LogP contribution in [0.2, 0.25) is 10.0 Å². The Morgan fingerprint density at radius 2 is 1.85 bits per heavy atom. The van der Waals surface area contributed by atoms with Gasteiger partial charge in [0, 0.05) is 17.6 Å². The molecule has 0 bridgehead atoms. The quantitative estimate of drug-likeness (QED) is 0.538. The number of morpholine rings is 1. The number of halogens is 3. The highest BCUT2D eigenvalue weighted by molar-refractivity contribution is 9.10. The molecule has 0 aromatic heterocycles. The molecular formula is C20H22BrCl2NO2. The molecule has 0 saturated carbocycles. The fraction of sp³-hybridized carbons (Fsp3) is 0.400. The summed E-state index contributed by atoms with van der Waals surface area (Å²) in [5.74, 6) is 0.918. The third-order valence-corrected chi connectivity index (χ3v) is 5.66. The molecule has 3 rings (SSSR count). The molecule has 0 radical (unpaired) electrons. The van der Waals surface area contributed by atoms with E-state index in [1.807, 2.05) is 24.3 Å². The first kappa shape index (κ1) is 20.0. The minimum absolute atomic E-state index is 0.467. The Labute approximate surface area is 173 Å². The van der Waals surface area contributed by atoms with Crippen LogP contribution in [0.4, 0.5) is 0 Å². The van der Waals surface area contributed by atoms with Gasteiger partial charge < -0.3 is 9.47 Å². The van der Waals surface area contributed by atoms with Crippen molar-refractivity contribution in [2.45, 2.75) is 19.4 Å². The van der Waals surface area contributed by atoms with Crippen molar-refractivity contribution in [1.29, 1.82) is 0 Å². The lowest BCUT2D eigenvalue weighted by molar-refractivity contribution is 0.0374. The number of aryl methyl sites for hydroxylation is 1. The molecule has 0 unspecified atom stereocenters. The molecule has 0 atom stereocenters. The third kappa shape index (κ3) is 5.86. The van der Waals surface area contributed by atoms with Crippen molar-refractivity contribution in [3.05, 3.63) is 62.0 Å². The SMILES string of the molecule is Clc1ccc(COc2ccc(Br)cc2CCCN2CCOCC2)cc1Cl. The molecule has 1 saturated heterocycles. The smallest absolute Gasteiger partial charge is 0.123 e. The molecule has 140 valence electrons. The minimum Gasteiger partial charge on any atom is -0.489 e. The lowest BCUT2D eigenvalue weighted by Gasteiger charge is -2.26. The van der Waals surface area contributed by atoms with Gasteiger partial charge in [-0.15, -0.1) is 0 Å². The zero-order valence-electron chi connectivity index (χ0n) is 14.5. The summed E-state index contributed by atoms with van der Waals surface area (Å²) in [5, 5.41) is 1.11. The van der Waals surface area contributed by atoms with E-state index in [0.717, 1.165) is 61.5 Å². The van der Waals surface area contributed by atoms with Gasteiger partial charge in [0.05, 0.1) is 23.3 Å². The molecule has 2 aromatic carbocycles. The third-order valence-electron chi connectivity index (χ3n) is 4.43. The van der Waals surface area contributed by atoms with Crippen LogP contribution in [0.25, 0.3) is 0 Å². The summed E-state index contributed by atoms with van der Waals surface area (Å²) in [5.41, 5.74) is 2.22. The topological polar surface area (TPSA) is 21.7 Å². The van der Waals surface area contributed by atoms with Crippen LogP contribution >= 0.6 is 39.1 Å². The average molecular weight is 459 g/mol. The molecule has 26 heavy (non-hydrogen) atoms. The molecule has 1 aliphatic heterocycles. The van der Waals surface area contributed by atoms with Crippen LogP contribution in [-0.4, -0.2) is 37.7 Å². The second-order valence-corrected chi connectivity index (χ2v) is 8.08. The standard InChI is InChI=1S/C20H22BrCl2NO2/c21-17-4-6-20(26-14-15-3-5-18(22)19(23)12-15)16(13-17)2-1-7-24-8-10-25-11-9-24/h3-6,12-13H,1-2,7-11,14H2. The Morgan fingerprint density at radius 3 is 2.62 bits per heavy atom. The number of nitrogens with zero attached hydrogens (tertiary/aromatic N) is 1. The van der Waals surface area contributed by atoms with Crippen LogP contribution in [-0.2, 0) is 17.8 Å². The molecule has 0 N–H and O–H groups in total. The van der Waals surface area contributed by atoms with Crippen molar-refractivity contribution >= 4 is 39.1 Å². The van der Waals surface area contributed by atoms with Crippen molar-refractivity contribution in [2.24, 2.45) is 0 Å². The van der Waals surface area contributed by atoms with Gasteiger partial charge in [0.25, 0.3) is 0 Å². The molecule has 0 aliphatic carbocycles. The minimum atomic E-state index is 0.467. The van der Waals surface area contributed by atoms with Crippen molar-refractivity contribution in [3.8, 4) is 5.75 Å². The first-order valence-corrected chi connectivity index (χ1v) is 10.3. The molecule has 3 nitrogen and oxygen atoms in total. The summed E-state index contributed by atoms with van der Waals surface area (Å²) in [6.45, 7) is 5.29. The van der Waals surface area contributed by atoms with Crippen molar-refractivity contribution in [3.63, 3.8) is 0 Å². The van der Waals surface area contributed by atoms with E-state index in [1.54, 1.807) is 6.07 Å². The van der Waals surface area contributed by atoms with Crippen LogP contribution in [0.15, 0.2) is 40.9 Å². The van der Waals surface area contributed by atoms with Gasteiger partial charge in [-0.3, -0.25) is 4.90 Å². The maximum Gasteiger partial charge on any atom is 0.123 e. The summed E-state index contributed by atoms with van der Waals surface area (Å²) in [4.78, 5) is 2.46. The van der Waals surface area contributed by atoms with Gasteiger partial charge >= 0.3 is 0 Å². The second-order valence-electron chi connectivity index (χ2n) is 6.35. The number of hydrogen-bond acceptors (Lipinski definition) is 3. The van der Waals surface area contributed by atoms with E-state index in [2.05, 4.69) is 26.9 Å². The predicted molar refractivity (Wildman–Crippen MR) is 111 cm³/mol. The molecule has 1 aliphatic rings. The molecule has 1 heterocycles. The average Bonchev–Trinajstić information content (AvgIpc) is 2.65. The summed E-state index contributed by atoms with van der Waals surface area (Å²) in [6, 6.07) is 11.8. The highest BCUT2D eigenvalue weighted by atomic mass is 79.9. The lowest BCUT2D eigenvalue weighted by Crippen LogP contribution is -2.36. The van der Waals surface area contributed by atoms with Gasteiger partial charge in [0.2, 0.25) is 0 Å².